The van der Waals surface area contributed by atoms with Crippen molar-refractivity contribution in [2.45, 2.75) is 6.54 Å². The number of thiazole rings is 1. The van der Waals surface area contributed by atoms with Gasteiger partial charge in [0, 0.05) is 19.6 Å². The molecule has 0 spiro atoms. The van der Waals surface area contributed by atoms with Gasteiger partial charge in [0.1, 0.15) is 17.0 Å². The number of nitrogens with zero attached hydrogens (tertiary/aromatic N) is 2. The van der Waals surface area contributed by atoms with E-state index in [1.54, 1.807) is 14.2 Å². The number of morpholine rings is 1. The number of hydrogen-bond donors (Lipinski definition) is 1. The van der Waals surface area contributed by atoms with Gasteiger partial charge in [0.15, 0.2) is 5.01 Å². The molecule has 152 valence electrons. The highest BCUT2D eigenvalue weighted by Crippen LogP contribution is 2.37. The molecule has 1 aromatic heterocycles. The second-order valence-corrected chi connectivity index (χ2v) is 7.62. The van der Waals surface area contributed by atoms with Crippen LogP contribution in [0.25, 0.3) is 10.2 Å². The van der Waals surface area contributed by atoms with E-state index in [2.05, 4.69) is 15.2 Å². The number of amides is 1. The number of benzene rings is 2. The molecule has 0 bridgehead atoms. The van der Waals surface area contributed by atoms with Gasteiger partial charge in [-0.1, -0.05) is 12.1 Å². The lowest BCUT2D eigenvalue weighted by Gasteiger charge is -2.29. The van der Waals surface area contributed by atoms with Gasteiger partial charge in [0.25, 0.3) is 5.91 Å². The highest BCUT2D eigenvalue weighted by molar-refractivity contribution is 7.21. The summed E-state index contributed by atoms with van der Waals surface area (Å²) in [6.07, 6.45) is 0. The van der Waals surface area contributed by atoms with Crippen LogP contribution in [-0.4, -0.2) is 51.4 Å². The van der Waals surface area contributed by atoms with Crippen molar-refractivity contribution in [2.24, 2.45) is 0 Å². The van der Waals surface area contributed by atoms with Gasteiger partial charge in [-0.25, -0.2) is 4.98 Å². The van der Waals surface area contributed by atoms with E-state index in [4.69, 9.17) is 14.2 Å². The van der Waals surface area contributed by atoms with Gasteiger partial charge in [0.2, 0.25) is 0 Å². The number of fused-ring (bicyclic) bond motifs is 1. The minimum Gasteiger partial charge on any atom is -0.497 e. The van der Waals surface area contributed by atoms with E-state index in [1.807, 2.05) is 36.4 Å². The Morgan fingerprint density at radius 1 is 1.21 bits per heavy atom. The molecule has 1 aliphatic heterocycles. The first kappa shape index (κ1) is 19.5. The topological polar surface area (TPSA) is 72.9 Å². The molecule has 0 radical (unpaired) electrons. The summed E-state index contributed by atoms with van der Waals surface area (Å²) in [6.45, 7) is 3.42. The molecule has 1 saturated heterocycles. The normalized spacial score (nSPS) is 14.1. The molecule has 8 heteroatoms. The average Bonchev–Trinajstić information content (AvgIpc) is 3.23. The molecule has 0 aliphatic carbocycles. The molecular weight excluding hydrogens is 390 g/mol. The molecule has 4 rings (SSSR count). The number of anilines is 1. The number of rotatable bonds is 6. The SMILES string of the molecule is COc1cccc(CNC(=O)c2nc3c(OC)ccc(N4CCOCC4)c3s2)c1. The lowest BCUT2D eigenvalue weighted by Crippen LogP contribution is -2.36. The number of hydrogen-bond acceptors (Lipinski definition) is 7. The maximum Gasteiger partial charge on any atom is 0.280 e. The van der Waals surface area contributed by atoms with Crippen LogP contribution in [0.3, 0.4) is 0 Å². The number of carbonyl (C=O) groups is 1. The fraction of sp³-hybridized carbons (Fsp3) is 0.333. The molecule has 0 unspecified atom stereocenters. The van der Waals surface area contributed by atoms with Crippen molar-refractivity contribution in [3.8, 4) is 11.5 Å². The summed E-state index contributed by atoms with van der Waals surface area (Å²) in [5.74, 6) is 1.22. The van der Waals surface area contributed by atoms with Crippen molar-refractivity contribution in [1.29, 1.82) is 0 Å². The van der Waals surface area contributed by atoms with Gasteiger partial charge in [0.05, 0.1) is 37.8 Å². The quantitative estimate of drug-likeness (QED) is 0.670. The van der Waals surface area contributed by atoms with E-state index in [9.17, 15) is 4.79 Å². The Morgan fingerprint density at radius 3 is 2.79 bits per heavy atom. The zero-order valence-electron chi connectivity index (χ0n) is 16.4. The number of ether oxygens (including phenoxy) is 3. The number of aromatic nitrogens is 1. The summed E-state index contributed by atoms with van der Waals surface area (Å²) >= 11 is 1.39. The first-order chi connectivity index (χ1) is 14.2. The molecule has 1 fully saturated rings. The second kappa shape index (κ2) is 8.67. The van der Waals surface area contributed by atoms with Crippen molar-refractivity contribution >= 4 is 33.1 Å². The highest BCUT2D eigenvalue weighted by Gasteiger charge is 2.21. The van der Waals surface area contributed by atoms with Crippen LogP contribution in [0.5, 0.6) is 11.5 Å². The van der Waals surface area contributed by atoms with Crippen molar-refractivity contribution in [3.05, 3.63) is 47.0 Å². The van der Waals surface area contributed by atoms with Crippen LogP contribution in [0.2, 0.25) is 0 Å². The van der Waals surface area contributed by atoms with Gasteiger partial charge < -0.3 is 24.4 Å². The maximum atomic E-state index is 12.8. The molecule has 1 aliphatic rings. The molecular formula is C21H23N3O4S. The first-order valence-electron chi connectivity index (χ1n) is 9.41. The molecule has 29 heavy (non-hydrogen) atoms. The Balaban J connectivity index is 1.59. The zero-order chi connectivity index (χ0) is 20.2. The second-order valence-electron chi connectivity index (χ2n) is 6.62. The largest absolute Gasteiger partial charge is 0.497 e. The van der Waals surface area contributed by atoms with Crippen LogP contribution in [0.4, 0.5) is 5.69 Å². The first-order valence-corrected chi connectivity index (χ1v) is 10.2. The van der Waals surface area contributed by atoms with Crippen molar-refractivity contribution in [3.63, 3.8) is 0 Å². The third kappa shape index (κ3) is 4.13. The van der Waals surface area contributed by atoms with E-state index in [1.165, 1.54) is 11.3 Å². The van der Waals surface area contributed by atoms with Crippen LogP contribution in [0.1, 0.15) is 15.4 Å². The van der Waals surface area contributed by atoms with Crippen LogP contribution in [0.15, 0.2) is 36.4 Å². The lowest BCUT2D eigenvalue weighted by molar-refractivity contribution is 0.0950. The van der Waals surface area contributed by atoms with Gasteiger partial charge >= 0.3 is 0 Å². The Labute approximate surface area is 173 Å². The number of methoxy groups -OCH3 is 2. The predicted molar refractivity (Wildman–Crippen MR) is 113 cm³/mol. The van der Waals surface area contributed by atoms with Crippen LogP contribution in [-0.2, 0) is 11.3 Å². The third-order valence-corrected chi connectivity index (χ3v) is 5.92. The third-order valence-electron chi connectivity index (χ3n) is 4.84. The van der Waals surface area contributed by atoms with Gasteiger partial charge in [-0.15, -0.1) is 11.3 Å². The van der Waals surface area contributed by atoms with E-state index in [-0.39, 0.29) is 5.91 Å². The van der Waals surface area contributed by atoms with E-state index >= 15 is 0 Å². The average molecular weight is 413 g/mol. The zero-order valence-corrected chi connectivity index (χ0v) is 17.3. The van der Waals surface area contributed by atoms with E-state index in [0.717, 1.165) is 34.8 Å². The van der Waals surface area contributed by atoms with Gasteiger partial charge in [-0.05, 0) is 29.8 Å². The molecule has 0 atom stereocenters. The fourth-order valence-electron chi connectivity index (χ4n) is 3.33. The molecule has 1 amide bonds. The van der Waals surface area contributed by atoms with Crippen molar-refractivity contribution < 1.29 is 19.0 Å². The highest BCUT2D eigenvalue weighted by atomic mass is 32.1. The minimum atomic E-state index is -0.205. The summed E-state index contributed by atoms with van der Waals surface area (Å²) in [5.41, 5.74) is 2.74. The smallest absolute Gasteiger partial charge is 0.280 e. The van der Waals surface area contributed by atoms with Gasteiger partial charge in [-0.3, -0.25) is 4.79 Å². The van der Waals surface area contributed by atoms with Gasteiger partial charge in [-0.2, -0.15) is 0 Å². The predicted octanol–water partition coefficient (Wildman–Crippen LogP) is 3.08. The fourth-order valence-corrected chi connectivity index (χ4v) is 4.37. The summed E-state index contributed by atoms with van der Waals surface area (Å²) in [7, 11) is 3.24. The molecule has 0 saturated carbocycles. The van der Waals surface area contributed by atoms with E-state index in [0.29, 0.717) is 36.0 Å². The molecule has 3 aromatic rings. The molecule has 7 nitrogen and oxygen atoms in total. The van der Waals surface area contributed by atoms with Crippen molar-refractivity contribution in [2.75, 3.05) is 45.4 Å². The minimum absolute atomic E-state index is 0.205. The Kier molecular flexibility index (Phi) is 5.82. The Hall–Kier alpha value is -2.84. The Bertz CT molecular complexity index is 1010. The lowest BCUT2D eigenvalue weighted by atomic mass is 10.2. The Morgan fingerprint density at radius 2 is 2.03 bits per heavy atom. The summed E-state index contributed by atoms with van der Waals surface area (Å²) in [4.78, 5) is 19.6. The summed E-state index contributed by atoms with van der Waals surface area (Å²) < 4.78 is 17.1. The standard InChI is InChI=1S/C21H23N3O4S/c1-26-15-5-3-4-14(12-15)13-22-20(25)21-23-18-17(27-2)7-6-16(19(18)29-21)24-8-10-28-11-9-24/h3-7,12H,8-11,13H2,1-2H3,(H,22,25). The monoisotopic (exact) mass is 413 g/mol. The summed E-state index contributed by atoms with van der Waals surface area (Å²) in [6, 6.07) is 11.6. The molecule has 2 heterocycles. The van der Waals surface area contributed by atoms with Crippen LogP contribution in [0, 0.1) is 0 Å². The summed E-state index contributed by atoms with van der Waals surface area (Å²) in [5, 5.41) is 3.36. The molecule has 1 N–H and O–H groups in total. The van der Waals surface area contributed by atoms with Crippen molar-refractivity contribution in [1.82, 2.24) is 10.3 Å². The van der Waals surface area contributed by atoms with E-state index < -0.39 is 0 Å². The number of carbonyl (C=O) groups excluding carboxylic acids is 1. The van der Waals surface area contributed by atoms with Crippen LogP contribution >= 0.6 is 11.3 Å². The number of nitrogens with one attached hydrogen (secondary N) is 1. The maximum absolute atomic E-state index is 12.8. The van der Waals surface area contributed by atoms with Crippen LogP contribution < -0.4 is 19.7 Å². The molecule has 2 aromatic carbocycles.